The van der Waals surface area contributed by atoms with Crippen LogP contribution in [0.5, 0.6) is 0 Å². The number of hydrogen-bond acceptors (Lipinski definition) is 5. The van der Waals surface area contributed by atoms with Crippen LogP contribution in [0.1, 0.15) is 20.8 Å². The van der Waals surface area contributed by atoms with Crippen molar-refractivity contribution in [3.8, 4) is 0 Å². The lowest BCUT2D eigenvalue weighted by Gasteiger charge is -2.15. The normalized spacial score (nSPS) is 10.5. The van der Waals surface area contributed by atoms with Crippen molar-refractivity contribution in [1.29, 1.82) is 0 Å². The molecule has 0 atom stereocenters. The molecule has 1 N–H and O–H groups in total. The molecule has 0 saturated heterocycles. The van der Waals surface area contributed by atoms with Gasteiger partial charge >= 0.3 is 0 Å². The highest BCUT2D eigenvalue weighted by Crippen LogP contribution is 2.01. The van der Waals surface area contributed by atoms with Gasteiger partial charge in [-0.3, -0.25) is 0 Å². The molecule has 0 aromatic carbocycles. The fourth-order valence-electron chi connectivity index (χ4n) is 1.33. The van der Waals surface area contributed by atoms with Crippen LogP contribution in [-0.2, 0) is 14.2 Å². The predicted octanol–water partition coefficient (Wildman–Crippen LogP) is 2.34. The van der Waals surface area contributed by atoms with Gasteiger partial charge in [0.1, 0.15) is 0 Å². The summed E-state index contributed by atoms with van der Waals surface area (Å²) in [5.41, 5.74) is 1.76. The molecule has 0 fully saturated rings. The molecule has 0 amide bonds. The van der Waals surface area contributed by atoms with Gasteiger partial charge in [-0.1, -0.05) is 0 Å². The van der Waals surface area contributed by atoms with Gasteiger partial charge in [-0.15, -0.1) is 0 Å². The van der Waals surface area contributed by atoms with Gasteiger partial charge in [0.25, 0.3) is 6.48 Å². The van der Waals surface area contributed by atoms with Gasteiger partial charge < -0.3 is 19.2 Å². The molecule has 6 nitrogen and oxygen atoms in total. The molecule has 2 aromatic heterocycles. The van der Waals surface area contributed by atoms with Gasteiger partial charge in [0.15, 0.2) is 5.65 Å². The van der Waals surface area contributed by atoms with E-state index in [4.69, 9.17) is 14.2 Å². The number of hydrogen-bond donors (Lipinski definition) is 1. The molecule has 0 radical (unpaired) electrons. The Labute approximate surface area is 113 Å². The number of ether oxygens (including phenoxy) is 3. The molecule has 2 rings (SSSR count). The topological polar surface area (TPSA) is 69.3 Å². The molecule has 0 aliphatic heterocycles. The fraction of sp³-hybridized carbons (Fsp3) is 0.538. The number of aromatic amines is 1. The van der Waals surface area contributed by atoms with E-state index in [0.717, 1.165) is 11.2 Å². The first-order valence-electron chi connectivity index (χ1n) is 6.40. The zero-order valence-electron chi connectivity index (χ0n) is 11.6. The quantitative estimate of drug-likeness (QED) is 0.813. The molecule has 6 heteroatoms. The Kier molecular flexibility index (Phi) is 7.72. The van der Waals surface area contributed by atoms with Crippen molar-refractivity contribution < 1.29 is 14.2 Å². The Morgan fingerprint density at radius 1 is 1.05 bits per heavy atom. The van der Waals surface area contributed by atoms with Crippen molar-refractivity contribution in [1.82, 2.24) is 15.0 Å². The van der Waals surface area contributed by atoms with Crippen molar-refractivity contribution in [2.75, 3.05) is 19.8 Å². The Hall–Kier alpha value is -1.50. The van der Waals surface area contributed by atoms with E-state index in [1.165, 1.54) is 0 Å². The third-order valence-electron chi connectivity index (χ3n) is 2.10. The molecule has 19 heavy (non-hydrogen) atoms. The molecule has 0 saturated carbocycles. The highest BCUT2D eigenvalue weighted by Gasteiger charge is 2.04. The second kappa shape index (κ2) is 9.43. The Balaban J connectivity index is 0.000000190. The molecule has 0 bridgehead atoms. The summed E-state index contributed by atoms with van der Waals surface area (Å²) >= 11 is 0. The first-order chi connectivity index (χ1) is 9.31. The smallest absolute Gasteiger partial charge is 0.271 e. The Morgan fingerprint density at radius 2 is 1.68 bits per heavy atom. The van der Waals surface area contributed by atoms with Crippen molar-refractivity contribution >= 4 is 11.2 Å². The van der Waals surface area contributed by atoms with E-state index < -0.39 is 6.48 Å². The summed E-state index contributed by atoms with van der Waals surface area (Å²) in [6, 6.07) is 3.82. The highest BCUT2D eigenvalue weighted by atomic mass is 16.8. The molecule has 0 unspecified atom stereocenters. The minimum Gasteiger partial charge on any atom is -0.343 e. The average Bonchev–Trinajstić information content (AvgIpc) is 2.89. The van der Waals surface area contributed by atoms with Crippen LogP contribution >= 0.6 is 0 Å². The van der Waals surface area contributed by atoms with Crippen molar-refractivity contribution in [3.63, 3.8) is 0 Å². The summed E-state index contributed by atoms with van der Waals surface area (Å²) in [4.78, 5) is 10.9. The second-order valence-electron chi connectivity index (χ2n) is 3.43. The Morgan fingerprint density at radius 3 is 2.21 bits per heavy atom. The first kappa shape index (κ1) is 15.6. The van der Waals surface area contributed by atoms with Gasteiger partial charge in [0.2, 0.25) is 0 Å². The van der Waals surface area contributed by atoms with Gasteiger partial charge in [-0.25, -0.2) is 9.97 Å². The third kappa shape index (κ3) is 5.78. The average molecular weight is 267 g/mol. The van der Waals surface area contributed by atoms with Crippen LogP contribution in [-0.4, -0.2) is 41.2 Å². The standard InChI is InChI=1S/C7H16O3.C6H5N3/c1-4-8-7(9-5-2)10-6-3;1-2-5-6(7-3-1)9-4-8-5/h7H,4-6H2,1-3H3;1-4H,(H,7,8,9). The number of nitrogens with zero attached hydrogens (tertiary/aromatic N) is 2. The predicted molar refractivity (Wildman–Crippen MR) is 72.6 cm³/mol. The number of H-pyrrole nitrogens is 1. The van der Waals surface area contributed by atoms with Gasteiger partial charge in [-0.2, -0.15) is 0 Å². The van der Waals surface area contributed by atoms with Crippen LogP contribution in [0.15, 0.2) is 24.7 Å². The van der Waals surface area contributed by atoms with E-state index in [0.29, 0.717) is 19.8 Å². The number of imidazole rings is 1. The van der Waals surface area contributed by atoms with Crippen molar-refractivity contribution in [2.24, 2.45) is 0 Å². The summed E-state index contributed by atoms with van der Waals surface area (Å²) in [6.07, 6.45) is 3.36. The maximum Gasteiger partial charge on any atom is 0.271 e. The molecule has 0 spiro atoms. The van der Waals surface area contributed by atoms with Crippen LogP contribution < -0.4 is 0 Å². The number of fused-ring (bicyclic) bond motifs is 1. The summed E-state index contributed by atoms with van der Waals surface area (Å²) < 4.78 is 15.2. The van der Waals surface area contributed by atoms with Crippen LogP contribution in [0.25, 0.3) is 11.2 Å². The molecule has 0 aliphatic carbocycles. The first-order valence-corrected chi connectivity index (χ1v) is 6.40. The van der Waals surface area contributed by atoms with E-state index >= 15 is 0 Å². The number of nitrogens with one attached hydrogen (secondary N) is 1. The summed E-state index contributed by atoms with van der Waals surface area (Å²) in [5, 5.41) is 0. The number of rotatable bonds is 6. The summed E-state index contributed by atoms with van der Waals surface area (Å²) in [5.74, 6) is 0. The largest absolute Gasteiger partial charge is 0.343 e. The fourth-order valence-corrected chi connectivity index (χ4v) is 1.33. The number of aromatic nitrogens is 3. The molecular formula is C13H21N3O3. The van der Waals surface area contributed by atoms with E-state index in [1.807, 2.05) is 32.9 Å². The third-order valence-corrected chi connectivity index (χ3v) is 2.10. The van der Waals surface area contributed by atoms with E-state index in [1.54, 1.807) is 12.5 Å². The lowest BCUT2D eigenvalue weighted by molar-refractivity contribution is -0.282. The second-order valence-corrected chi connectivity index (χ2v) is 3.43. The lowest BCUT2D eigenvalue weighted by Crippen LogP contribution is -2.20. The molecule has 106 valence electrons. The molecule has 2 heterocycles. The van der Waals surface area contributed by atoms with E-state index in [9.17, 15) is 0 Å². The van der Waals surface area contributed by atoms with Crippen molar-refractivity contribution in [2.45, 2.75) is 27.2 Å². The van der Waals surface area contributed by atoms with Crippen molar-refractivity contribution in [3.05, 3.63) is 24.7 Å². The van der Waals surface area contributed by atoms with Crippen LogP contribution in [0, 0.1) is 0 Å². The molecule has 0 aliphatic rings. The van der Waals surface area contributed by atoms with E-state index in [-0.39, 0.29) is 0 Å². The van der Waals surface area contributed by atoms with Gasteiger partial charge in [0, 0.05) is 26.0 Å². The van der Waals surface area contributed by atoms with Crippen LogP contribution in [0.4, 0.5) is 0 Å². The minimum atomic E-state index is -0.472. The summed E-state index contributed by atoms with van der Waals surface area (Å²) in [6.45, 7) is 7.10. The Bertz CT molecular complexity index is 403. The SMILES string of the molecule is CCOC(OCC)OCC.c1cnc2nc[nH]c2c1. The highest BCUT2D eigenvalue weighted by molar-refractivity contribution is 5.68. The molecular weight excluding hydrogens is 246 g/mol. The van der Waals surface area contributed by atoms with Gasteiger partial charge in [-0.05, 0) is 32.9 Å². The van der Waals surface area contributed by atoms with Crippen LogP contribution in [0.2, 0.25) is 0 Å². The minimum absolute atomic E-state index is 0.472. The van der Waals surface area contributed by atoms with E-state index in [2.05, 4.69) is 15.0 Å². The zero-order chi connectivity index (χ0) is 13.9. The lowest BCUT2D eigenvalue weighted by atomic mass is 10.4. The maximum atomic E-state index is 5.08. The summed E-state index contributed by atoms with van der Waals surface area (Å²) in [7, 11) is 0. The van der Waals surface area contributed by atoms with Crippen LogP contribution in [0.3, 0.4) is 0 Å². The molecule has 2 aromatic rings. The number of pyridine rings is 1. The maximum absolute atomic E-state index is 5.08. The monoisotopic (exact) mass is 267 g/mol. The zero-order valence-corrected chi connectivity index (χ0v) is 11.6. The van der Waals surface area contributed by atoms with Gasteiger partial charge in [0.05, 0.1) is 11.8 Å².